The van der Waals surface area contributed by atoms with E-state index in [1.807, 2.05) is 35.3 Å². The molecule has 2 aromatic rings. The number of anilines is 1. The smallest absolute Gasteiger partial charge is 0.149 e. The fraction of sp³-hybridized carbons (Fsp3) is 0.200. The summed E-state index contributed by atoms with van der Waals surface area (Å²) in [7, 11) is 0. The molecule has 0 spiro atoms. The largest absolute Gasteiger partial charge is 0.325 e. The maximum Gasteiger partial charge on any atom is 0.149 e. The van der Waals surface area contributed by atoms with Gasteiger partial charge in [0.2, 0.25) is 0 Å². The Bertz CT molecular complexity index is 673. The van der Waals surface area contributed by atoms with Crippen LogP contribution in [-0.4, -0.2) is 17.2 Å². The summed E-state index contributed by atoms with van der Waals surface area (Å²) in [5, 5.41) is 7.55. The lowest BCUT2D eigenvalue weighted by Crippen LogP contribution is -2.19. The number of pyridine rings is 1. The maximum absolute atomic E-state index is 6.13. The predicted molar refractivity (Wildman–Crippen MR) is 87.0 cm³/mol. The summed E-state index contributed by atoms with van der Waals surface area (Å²) in [5.41, 5.74) is 7.73. The second-order valence-electron chi connectivity index (χ2n) is 4.80. The zero-order chi connectivity index (χ0) is 14.8. The zero-order valence-electron chi connectivity index (χ0n) is 11.2. The van der Waals surface area contributed by atoms with Crippen LogP contribution in [0.15, 0.2) is 47.7 Å². The molecule has 0 bridgehead atoms. The molecule has 0 saturated heterocycles. The second-order valence-corrected chi connectivity index (χ2v) is 5.61. The van der Waals surface area contributed by atoms with Crippen molar-refractivity contribution in [2.24, 2.45) is 10.8 Å². The van der Waals surface area contributed by atoms with Crippen LogP contribution in [0.25, 0.3) is 0 Å². The fourth-order valence-electron chi connectivity index (χ4n) is 2.38. The highest BCUT2D eigenvalue weighted by atomic mass is 35.5. The lowest BCUT2D eigenvalue weighted by Gasteiger charge is -2.23. The number of hydrogen-bond donors (Lipinski definition) is 1. The van der Waals surface area contributed by atoms with E-state index < -0.39 is 0 Å². The summed E-state index contributed by atoms with van der Waals surface area (Å²) < 4.78 is 0. The van der Waals surface area contributed by atoms with Crippen LogP contribution in [0, 0.1) is 0 Å². The Morgan fingerprint density at radius 3 is 2.71 bits per heavy atom. The van der Waals surface area contributed by atoms with E-state index in [0.717, 1.165) is 23.5 Å². The molecule has 0 amide bonds. The molecule has 2 N–H and O–H groups in total. The van der Waals surface area contributed by atoms with Crippen molar-refractivity contribution in [2.45, 2.75) is 12.5 Å². The first-order chi connectivity index (χ1) is 10.2. The standard InChI is InChI=1S/C15H14Cl2N4/c16-12-5-4-10(7-13(12)17)14-8-11(9-18)20-21(14)15-3-1-2-6-19-15/h1-7,14H,8-9,18H2. The van der Waals surface area contributed by atoms with Crippen LogP contribution in [-0.2, 0) is 0 Å². The third kappa shape index (κ3) is 2.88. The van der Waals surface area contributed by atoms with Crippen LogP contribution in [0.4, 0.5) is 5.82 Å². The van der Waals surface area contributed by atoms with Gasteiger partial charge in [-0.1, -0.05) is 35.3 Å². The number of hydrogen-bond acceptors (Lipinski definition) is 4. The molecule has 1 aliphatic rings. The highest BCUT2D eigenvalue weighted by molar-refractivity contribution is 6.42. The van der Waals surface area contributed by atoms with Gasteiger partial charge in [0.25, 0.3) is 0 Å². The van der Waals surface area contributed by atoms with Gasteiger partial charge in [0, 0.05) is 19.2 Å². The van der Waals surface area contributed by atoms with E-state index in [1.54, 1.807) is 12.3 Å². The van der Waals surface area contributed by atoms with Crippen molar-refractivity contribution >= 4 is 34.7 Å². The molecule has 1 unspecified atom stereocenters. The SMILES string of the molecule is NCC1=NN(c2ccccn2)C(c2ccc(Cl)c(Cl)c2)C1. The second kappa shape index (κ2) is 6.02. The van der Waals surface area contributed by atoms with Crippen molar-refractivity contribution in [2.75, 3.05) is 11.6 Å². The molecule has 0 aliphatic carbocycles. The average molecular weight is 321 g/mol. The van der Waals surface area contributed by atoms with E-state index in [2.05, 4.69) is 10.1 Å². The first-order valence-electron chi connectivity index (χ1n) is 6.60. The first kappa shape index (κ1) is 14.3. The summed E-state index contributed by atoms with van der Waals surface area (Å²) >= 11 is 12.1. The number of hydrazone groups is 1. The Hall–Kier alpha value is -1.62. The summed E-state index contributed by atoms with van der Waals surface area (Å²) in [6.07, 6.45) is 2.50. The third-order valence-corrected chi connectivity index (χ3v) is 4.16. The van der Waals surface area contributed by atoms with Crippen molar-refractivity contribution in [3.63, 3.8) is 0 Å². The van der Waals surface area contributed by atoms with Gasteiger partial charge in [-0.3, -0.25) is 0 Å². The van der Waals surface area contributed by atoms with Gasteiger partial charge in [0.15, 0.2) is 0 Å². The van der Waals surface area contributed by atoms with Crippen molar-refractivity contribution in [3.05, 3.63) is 58.2 Å². The minimum atomic E-state index is 0.0354. The number of nitrogens with zero attached hydrogens (tertiary/aromatic N) is 3. The quantitative estimate of drug-likeness (QED) is 0.939. The molecule has 21 heavy (non-hydrogen) atoms. The Kier molecular flexibility index (Phi) is 4.10. The summed E-state index contributed by atoms with van der Waals surface area (Å²) in [6, 6.07) is 11.4. The molecular formula is C15H14Cl2N4. The molecule has 1 aromatic carbocycles. The van der Waals surface area contributed by atoms with E-state index in [-0.39, 0.29) is 6.04 Å². The molecule has 1 aromatic heterocycles. The van der Waals surface area contributed by atoms with Gasteiger partial charge in [-0.05, 0) is 29.8 Å². The minimum absolute atomic E-state index is 0.0354. The molecule has 4 nitrogen and oxygen atoms in total. The van der Waals surface area contributed by atoms with E-state index in [4.69, 9.17) is 28.9 Å². The summed E-state index contributed by atoms with van der Waals surface area (Å²) in [4.78, 5) is 4.36. The summed E-state index contributed by atoms with van der Waals surface area (Å²) in [6.45, 7) is 0.432. The van der Waals surface area contributed by atoms with E-state index in [9.17, 15) is 0 Å². The number of nitrogens with two attached hydrogens (primary N) is 1. The lowest BCUT2D eigenvalue weighted by atomic mass is 10.0. The molecule has 0 saturated carbocycles. The zero-order valence-corrected chi connectivity index (χ0v) is 12.7. The van der Waals surface area contributed by atoms with Gasteiger partial charge in [0.1, 0.15) is 5.82 Å². The highest BCUT2D eigenvalue weighted by Crippen LogP contribution is 2.36. The van der Waals surface area contributed by atoms with Crippen LogP contribution in [0.1, 0.15) is 18.0 Å². The van der Waals surface area contributed by atoms with Crippen LogP contribution in [0.5, 0.6) is 0 Å². The van der Waals surface area contributed by atoms with Crippen LogP contribution < -0.4 is 10.7 Å². The van der Waals surface area contributed by atoms with E-state index >= 15 is 0 Å². The Balaban J connectivity index is 1.98. The molecule has 0 radical (unpaired) electrons. The van der Waals surface area contributed by atoms with Crippen molar-refractivity contribution in [1.29, 1.82) is 0 Å². The highest BCUT2D eigenvalue weighted by Gasteiger charge is 2.29. The molecule has 0 fully saturated rings. The van der Waals surface area contributed by atoms with Crippen molar-refractivity contribution in [1.82, 2.24) is 4.98 Å². The van der Waals surface area contributed by atoms with Gasteiger partial charge >= 0.3 is 0 Å². The molecule has 6 heteroatoms. The summed E-state index contributed by atoms with van der Waals surface area (Å²) in [5.74, 6) is 0.789. The monoisotopic (exact) mass is 320 g/mol. The Morgan fingerprint density at radius 1 is 1.19 bits per heavy atom. The molecule has 1 aliphatic heterocycles. The normalized spacial score (nSPS) is 18.0. The topological polar surface area (TPSA) is 54.5 Å². The van der Waals surface area contributed by atoms with Gasteiger partial charge < -0.3 is 5.73 Å². The lowest BCUT2D eigenvalue weighted by molar-refractivity contribution is 0.698. The molecule has 3 rings (SSSR count). The molecule has 108 valence electrons. The van der Waals surface area contributed by atoms with E-state index in [0.29, 0.717) is 16.6 Å². The van der Waals surface area contributed by atoms with Gasteiger partial charge in [-0.25, -0.2) is 9.99 Å². The molecule has 1 atom stereocenters. The van der Waals surface area contributed by atoms with E-state index in [1.165, 1.54) is 0 Å². The van der Waals surface area contributed by atoms with Gasteiger partial charge in [-0.15, -0.1) is 0 Å². The average Bonchev–Trinajstić information content (AvgIpc) is 2.95. The number of halogens is 2. The van der Waals surface area contributed by atoms with Gasteiger partial charge in [0.05, 0.1) is 21.8 Å². The number of rotatable bonds is 3. The number of benzene rings is 1. The van der Waals surface area contributed by atoms with Gasteiger partial charge in [-0.2, -0.15) is 5.10 Å². The van der Waals surface area contributed by atoms with Crippen LogP contribution >= 0.6 is 23.2 Å². The fourth-order valence-corrected chi connectivity index (χ4v) is 2.68. The Morgan fingerprint density at radius 2 is 2.05 bits per heavy atom. The maximum atomic E-state index is 6.13. The Labute approximate surface area is 133 Å². The van der Waals surface area contributed by atoms with Crippen molar-refractivity contribution < 1.29 is 0 Å². The molecule has 2 heterocycles. The molecular weight excluding hydrogens is 307 g/mol. The predicted octanol–water partition coefficient (Wildman–Crippen LogP) is 3.65. The first-order valence-corrected chi connectivity index (χ1v) is 7.36. The third-order valence-electron chi connectivity index (χ3n) is 3.42. The van der Waals surface area contributed by atoms with Crippen molar-refractivity contribution in [3.8, 4) is 0 Å². The number of aromatic nitrogens is 1. The van der Waals surface area contributed by atoms with Crippen LogP contribution in [0.2, 0.25) is 10.0 Å². The minimum Gasteiger partial charge on any atom is -0.325 e. The van der Waals surface area contributed by atoms with Crippen LogP contribution in [0.3, 0.4) is 0 Å².